The van der Waals surface area contributed by atoms with Crippen LogP contribution < -0.4 is 5.32 Å². The molecule has 1 atom stereocenters. The van der Waals surface area contributed by atoms with E-state index in [4.69, 9.17) is 16.3 Å². The molecule has 1 fully saturated rings. The Hall–Kier alpha value is -2.38. The standard InChI is InChI=1S/C20H18BrClN2O4/c21-16-7-6-15(9-17(16)22)23-18(25)12-28-20(27)14-8-19(26)24(11-14)10-13-4-2-1-3-5-13/h1-7,9,14H,8,10-12H2,(H,23,25)/t14-/m0/s1. The maximum Gasteiger partial charge on any atom is 0.311 e. The molecule has 8 heteroatoms. The van der Waals surface area contributed by atoms with Gasteiger partial charge in [-0.25, -0.2) is 0 Å². The highest BCUT2D eigenvalue weighted by Gasteiger charge is 2.35. The van der Waals surface area contributed by atoms with Crippen molar-refractivity contribution >= 4 is 51.0 Å². The van der Waals surface area contributed by atoms with Crippen molar-refractivity contribution in [3.05, 3.63) is 63.6 Å². The van der Waals surface area contributed by atoms with E-state index in [0.29, 0.717) is 21.7 Å². The van der Waals surface area contributed by atoms with Crippen LogP contribution in [-0.2, 0) is 25.7 Å². The van der Waals surface area contributed by atoms with E-state index in [1.807, 2.05) is 30.3 Å². The summed E-state index contributed by atoms with van der Waals surface area (Å²) in [6, 6.07) is 14.5. The molecule has 1 aliphatic heterocycles. The molecule has 3 rings (SSSR count). The Bertz CT molecular complexity index is 891. The summed E-state index contributed by atoms with van der Waals surface area (Å²) in [6.45, 7) is 0.320. The van der Waals surface area contributed by atoms with Crippen molar-refractivity contribution in [3.63, 3.8) is 0 Å². The zero-order valence-electron chi connectivity index (χ0n) is 14.9. The number of carbonyl (C=O) groups excluding carboxylic acids is 3. The number of ether oxygens (including phenoxy) is 1. The number of likely N-dealkylation sites (tertiary alicyclic amines) is 1. The van der Waals surface area contributed by atoms with Crippen LogP contribution in [-0.4, -0.2) is 35.8 Å². The summed E-state index contributed by atoms with van der Waals surface area (Å²) in [5.74, 6) is -1.68. The van der Waals surface area contributed by atoms with Gasteiger partial charge in [-0.2, -0.15) is 0 Å². The fraction of sp³-hybridized carbons (Fsp3) is 0.250. The molecule has 28 heavy (non-hydrogen) atoms. The second-order valence-electron chi connectivity index (χ2n) is 6.45. The highest BCUT2D eigenvalue weighted by Crippen LogP contribution is 2.25. The van der Waals surface area contributed by atoms with E-state index in [2.05, 4.69) is 21.2 Å². The normalized spacial score (nSPS) is 16.1. The molecule has 1 saturated heterocycles. The second-order valence-corrected chi connectivity index (χ2v) is 7.71. The summed E-state index contributed by atoms with van der Waals surface area (Å²) in [7, 11) is 0. The number of hydrogen-bond donors (Lipinski definition) is 1. The van der Waals surface area contributed by atoms with Crippen LogP contribution in [0.4, 0.5) is 5.69 Å². The van der Waals surface area contributed by atoms with Crippen molar-refractivity contribution in [2.75, 3.05) is 18.5 Å². The van der Waals surface area contributed by atoms with Gasteiger partial charge in [-0.05, 0) is 39.7 Å². The average Bonchev–Trinajstić information content (AvgIpc) is 3.04. The van der Waals surface area contributed by atoms with Gasteiger partial charge in [0.2, 0.25) is 5.91 Å². The van der Waals surface area contributed by atoms with Crippen molar-refractivity contribution < 1.29 is 19.1 Å². The largest absolute Gasteiger partial charge is 0.455 e. The number of amides is 2. The Morgan fingerprint density at radius 1 is 1.21 bits per heavy atom. The Labute approximate surface area is 175 Å². The minimum atomic E-state index is -0.564. The lowest BCUT2D eigenvalue weighted by Crippen LogP contribution is -2.28. The van der Waals surface area contributed by atoms with E-state index in [9.17, 15) is 14.4 Å². The van der Waals surface area contributed by atoms with E-state index in [0.717, 1.165) is 5.56 Å². The number of rotatable bonds is 6. The van der Waals surface area contributed by atoms with Crippen LogP contribution in [0.2, 0.25) is 5.02 Å². The number of halogens is 2. The van der Waals surface area contributed by atoms with Crippen LogP contribution in [0.3, 0.4) is 0 Å². The van der Waals surface area contributed by atoms with E-state index in [1.54, 1.807) is 23.1 Å². The van der Waals surface area contributed by atoms with Gasteiger partial charge in [-0.15, -0.1) is 0 Å². The molecule has 6 nitrogen and oxygen atoms in total. The lowest BCUT2D eigenvalue weighted by molar-refractivity contribution is -0.151. The van der Waals surface area contributed by atoms with Crippen LogP contribution in [0.1, 0.15) is 12.0 Å². The number of carbonyl (C=O) groups is 3. The van der Waals surface area contributed by atoms with Gasteiger partial charge in [0.1, 0.15) is 0 Å². The van der Waals surface area contributed by atoms with E-state index < -0.39 is 24.4 Å². The molecule has 1 heterocycles. The van der Waals surface area contributed by atoms with Crippen molar-refractivity contribution in [2.24, 2.45) is 5.92 Å². The molecule has 1 aliphatic rings. The van der Waals surface area contributed by atoms with Crippen LogP contribution in [0.15, 0.2) is 53.0 Å². The maximum atomic E-state index is 12.2. The fourth-order valence-corrected chi connectivity index (χ4v) is 3.34. The number of benzene rings is 2. The molecular formula is C20H18BrClN2O4. The number of nitrogens with zero attached hydrogens (tertiary/aromatic N) is 1. The molecular weight excluding hydrogens is 448 g/mol. The first-order valence-electron chi connectivity index (χ1n) is 8.65. The van der Waals surface area contributed by atoms with Gasteiger partial charge in [0.25, 0.3) is 5.91 Å². The van der Waals surface area contributed by atoms with Crippen LogP contribution in [0.25, 0.3) is 0 Å². The first-order chi connectivity index (χ1) is 13.4. The highest BCUT2D eigenvalue weighted by atomic mass is 79.9. The first-order valence-corrected chi connectivity index (χ1v) is 9.82. The SMILES string of the molecule is O=C(COC(=O)[C@H]1CC(=O)N(Cc2ccccc2)C1)Nc1ccc(Br)c(Cl)c1. The molecule has 0 aliphatic carbocycles. The van der Waals surface area contributed by atoms with E-state index in [-0.39, 0.29) is 18.9 Å². The van der Waals surface area contributed by atoms with Gasteiger partial charge >= 0.3 is 5.97 Å². The van der Waals surface area contributed by atoms with Gasteiger partial charge in [0.05, 0.1) is 10.9 Å². The molecule has 2 aromatic carbocycles. The first kappa shape index (κ1) is 20.4. The minimum absolute atomic E-state index is 0.0929. The molecule has 146 valence electrons. The van der Waals surface area contributed by atoms with Gasteiger partial charge in [0, 0.05) is 29.7 Å². The second kappa shape index (κ2) is 9.21. The third kappa shape index (κ3) is 5.33. The predicted molar refractivity (Wildman–Crippen MR) is 109 cm³/mol. The molecule has 0 bridgehead atoms. The highest BCUT2D eigenvalue weighted by molar-refractivity contribution is 9.10. The lowest BCUT2D eigenvalue weighted by Gasteiger charge is -2.16. The van der Waals surface area contributed by atoms with Gasteiger partial charge in [-0.3, -0.25) is 14.4 Å². The van der Waals surface area contributed by atoms with E-state index >= 15 is 0 Å². The molecule has 0 spiro atoms. The Morgan fingerprint density at radius 2 is 1.96 bits per heavy atom. The van der Waals surface area contributed by atoms with Crippen molar-refractivity contribution in [3.8, 4) is 0 Å². The zero-order valence-corrected chi connectivity index (χ0v) is 17.2. The zero-order chi connectivity index (χ0) is 20.1. The van der Waals surface area contributed by atoms with Crippen LogP contribution in [0.5, 0.6) is 0 Å². The summed E-state index contributed by atoms with van der Waals surface area (Å²) in [4.78, 5) is 38.0. The average molecular weight is 466 g/mol. The predicted octanol–water partition coefficient (Wildman–Crippen LogP) is 3.63. The number of hydrogen-bond acceptors (Lipinski definition) is 4. The number of nitrogens with one attached hydrogen (secondary N) is 1. The smallest absolute Gasteiger partial charge is 0.311 e. The monoisotopic (exact) mass is 464 g/mol. The Morgan fingerprint density at radius 3 is 2.68 bits per heavy atom. The lowest BCUT2D eigenvalue weighted by atomic mass is 10.1. The van der Waals surface area contributed by atoms with Gasteiger partial charge in [-0.1, -0.05) is 41.9 Å². The Balaban J connectivity index is 1.47. The molecule has 2 amide bonds. The molecule has 2 aromatic rings. The summed E-state index contributed by atoms with van der Waals surface area (Å²) < 4.78 is 5.80. The number of esters is 1. The fourth-order valence-electron chi connectivity index (χ4n) is 2.91. The van der Waals surface area contributed by atoms with Crippen molar-refractivity contribution in [1.29, 1.82) is 0 Å². The molecule has 1 N–H and O–H groups in total. The number of anilines is 1. The molecule has 0 saturated carbocycles. The third-order valence-corrected chi connectivity index (χ3v) is 5.55. The maximum absolute atomic E-state index is 12.2. The topological polar surface area (TPSA) is 75.7 Å². The van der Waals surface area contributed by atoms with Crippen molar-refractivity contribution in [1.82, 2.24) is 4.90 Å². The van der Waals surface area contributed by atoms with Gasteiger partial charge in [0.15, 0.2) is 6.61 Å². The summed E-state index contributed by atoms with van der Waals surface area (Å²) >= 11 is 9.24. The molecule has 0 aromatic heterocycles. The minimum Gasteiger partial charge on any atom is -0.455 e. The summed E-state index contributed by atoms with van der Waals surface area (Å²) in [5.41, 5.74) is 1.50. The Kier molecular flexibility index (Phi) is 6.70. The van der Waals surface area contributed by atoms with Gasteiger partial charge < -0.3 is 15.0 Å². The quantitative estimate of drug-likeness (QED) is 0.661. The summed E-state index contributed by atoms with van der Waals surface area (Å²) in [5, 5.41) is 3.06. The van der Waals surface area contributed by atoms with Crippen molar-refractivity contribution in [2.45, 2.75) is 13.0 Å². The van der Waals surface area contributed by atoms with Crippen LogP contribution in [0, 0.1) is 5.92 Å². The molecule has 0 unspecified atom stereocenters. The summed E-state index contributed by atoms with van der Waals surface area (Å²) in [6.07, 6.45) is 0.0929. The molecule has 0 radical (unpaired) electrons. The van der Waals surface area contributed by atoms with Crippen LogP contribution >= 0.6 is 27.5 Å². The van der Waals surface area contributed by atoms with E-state index in [1.165, 1.54) is 0 Å². The third-order valence-electron chi connectivity index (χ3n) is 4.31.